The minimum atomic E-state index is -0.195. The molecule has 2 aliphatic heterocycles. The zero-order valence-electron chi connectivity index (χ0n) is 15.5. The van der Waals surface area contributed by atoms with Crippen molar-refractivity contribution >= 4 is 12.0 Å². The van der Waals surface area contributed by atoms with E-state index in [1.54, 1.807) is 12.4 Å². The second-order valence-electron chi connectivity index (χ2n) is 7.39. The average molecular weight is 366 g/mol. The van der Waals surface area contributed by atoms with Crippen LogP contribution in [-0.4, -0.2) is 64.1 Å². The molecule has 2 aromatic rings. The maximum Gasteiger partial charge on any atom is 0.246 e. The van der Waals surface area contributed by atoms with Crippen LogP contribution in [-0.2, 0) is 16.1 Å². The number of H-pyrrole nitrogens is 1. The van der Waals surface area contributed by atoms with Crippen LogP contribution >= 0.6 is 0 Å². The number of likely N-dealkylation sites (tertiary alicyclic amines) is 1. The van der Waals surface area contributed by atoms with E-state index in [0.29, 0.717) is 19.7 Å². The third-order valence-electron chi connectivity index (χ3n) is 5.49. The Morgan fingerprint density at radius 2 is 2.04 bits per heavy atom. The van der Waals surface area contributed by atoms with Gasteiger partial charge in [0, 0.05) is 44.1 Å². The minimum absolute atomic E-state index is 0.0708. The van der Waals surface area contributed by atoms with Gasteiger partial charge in [0.25, 0.3) is 0 Å². The Kier molecular flexibility index (Phi) is 5.36. The Morgan fingerprint density at radius 3 is 2.78 bits per heavy atom. The second-order valence-corrected chi connectivity index (χ2v) is 7.39. The van der Waals surface area contributed by atoms with E-state index in [9.17, 15) is 4.79 Å². The third kappa shape index (κ3) is 4.46. The molecule has 4 rings (SSSR count). The Labute approximate surface area is 159 Å². The first-order valence-corrected chi connectivity index (χ1v) is 9.58. The van der Waals surface area contributed by atoms with Crippen molar-refractivity contribution in [1.82, 2.24) is 19.8 Å². The molecule has 0 bridgehead atoms. The highest BCUT2D eigenvalue weighted by Crippen LogP contribution is 2.30. The molecule has 0 aliphatic carbocycles. The number of amides is 1. The summed E-state index contributed by atoms with van der Waals surface area (Å²) >= 11 is 0. The summed E-state index contributed by atoms with van der Waals surface area (Å²) in [6.45, 7) is 4.80. The molecule has 6 nitrogen and oxygen atoms in total. The van der Waals surface area contributed by atoms with Gasteiger partial charge in [-0.3, -0.25) is 9.69 Å². The van der Waals surface area contributed by atoms with Gasteiger partial charge in [0.15, 0.2) is 0 Å². The van der Waals surface area contributed by atoms with Gasteiger partial charge in [0.05, 0.1) is 25.1 Å². The number of hydrogen-bond acceptors (Lipinski definition) is 4. The molecule has 6 heteroatoms. The summed E-state index contributed by atoms with van der Waals surface area (Å²) in [4.78, 5) is 24.2. The molecule has 27 heavy (non-hydrogen) atoms. The normalized spacial score (nSPS) is 20.4. The van der Waals surface area contributed by atoms with Gasteiger partial charge in [-0.25, -0.2) is 4.98 Å². The van der Waals surface area contributed by atoms with Crippen molar-refractivity contribution in [2.75, 3.05) is 32.8 Å². The molecule has 0 radical (unpaired) electrons. The molecule has 142 valence electrons. The zero-order chi connectivity index (χ0) is 18.5. The number of morpholine rings is 1. The number of piperidine rings is 1. The number of carbonyl (C=O) groups is 1. The van der Waals surface area contributed by atoms with Crippen molar-refractivity contribution in [2.45, 2.75) is 25.0 Å². The number of carbonyl (C=O) groups excluding carboxylic acids is 1. The van der Waals surface area contributed by atoms with Crippen molar-refractivity contribution < 1.29 is 9.53 Å². The van der Waals surface area contributed by atoms with Gasteiger partial charge in [-0.15, -0.1) is 0 Å². The molecule has 1 aromatic heterocycles. The predicted molar refractivity (Wildman–Crippen MR) is 104 cm³/mol. The van der Waals surface area contributed by atoms with E-state index in [2.05, 4.69) is 14.9 Å². The van der Waals surface area contributed by atoms with Gasteiger partial charge in [0.1, 0.15) is 0 Å². The van der Waals surface area contributed by atoms with Crippen LogP contribution in [0.25, 0.3) is 6.08 Å². The molecule has 1 amide bonds. The molecule has 2 fully saturated rings. The SMILES string of the molecule is O=C(/C=C/c1ccccc1)N1CCOC2(CCN(Cc3cnc[nH]3)CC2)C1. The fourth-order valence-corrected chi connectivity index (χ4v) is 3.90. The number of hydrogen-bond donors (Lipinski definition) is 1. The van der Waals surface area contributed by atoms with Crippen LogP contribution in [0, 0.1) is 0 Å². The van der Waals surface area contributed by atoms with Gasteiger partial charge in [-0.05, 0) is 24.5 Å². The first-order chi connectivity index (χ1) is 13.2. The van der Waals surface area contributed by atoms with E-state index in [4.69, 9.17) is 4.74 Å². The summed E-state index contributed by atoms with van der Waals surface area (Å²) in [5, 5.41) is 0. The molecule has 0 unspecified atom stereocenters. The van der Waals surface area contributed by atoms with E-state index in [1.165, 1.54) is 0 Å². The second kappa shape index (κ2) is 8.06. The summed E-state index contributed by atoms with van der Waals surface area (Å²) in [7, 11) is 0. The van der Waals surface area contributed by atoms with Gasteiger partial charge < -0.3 is 14.6 Å². The van der Waals surface area contributed by atoms with Gasteiger partial charge >= 0.3 is 0 Å². The summed E-state index contributed by atoms with van der Waals surface area (Å²) < 4.78 is 6.17. The Balaban J connectivity index is 1.32. The molecule has 3 heterocycles. The lowest BCUT2D eigenvalue weighted by atomic mass is 9.89. The van der Waals surface area contributed by atoms with Crippen molar-refractivity contribution in [3.8, 4) is 0 Å². The van der Waals surface area contributed by atoms with Crippen LogP contribution in [0.15, 0.2) is 48.9 Å². The number of nitrogens with one attached hydrogen (secondary N) is 1. The number of imidazole rings is 1. The van der Waals surface area contributed by atoms with E-state index < -0.39 is 0 Å². The van der Waals surface area contributed by atoms with Gasteiger partial charge in [0.2, 0.25) is 5.91 Å². The maximum atomic E-state index is 12.6. The van der Waals surface area contributed by atoms with Gasteiger partial charge in [-0.2, -0.15) is 0 Å². The smallest absolute Gasteiger partial charge is 0.246 e. The van der Waals surface area contributed by atoms with E-state index in [-0.39, 0.29) is 11.5 Å². The molecule has 1 spiro atoms. The minimum Gasteiger partial charge on any atom is -0.371 e. The molecule has 2 aliphatic rings. The van der Waals surface area contributed by atoms with Crippen molar-refractivity contribution in [3.63, 3.8) is 0 Å². The van der Waals surface area contributed by atoms with Crippen LogP contribution in [0.3, 0.4) is 0 Å². The Morgan fingerprint density at radius 1 is 1.22 bits per heavy atom. The molecule has 0 atom stereocenters. The number of nitrogens with zero attached hydrogens (tertiary/aromatic N) is 3. The number of ether oxygens (including phenoxy) is 1. The van der Waals surface area contributed by atoms with Crippen molar-refractivity contribution in [3.05, 3.63) is 60.2 Å². The molecule has 2 saturated heterocycles. The fourth-order valence-electron chi connectivity index (χ4n) is 3.90. The Bertz CT molecular complexity index is 765. The van der Waals surface area contributed by atoms with Crippen LogP contribution in [0.5, 0.6) is 0 Å². The van der Waals surface area contributed by atoms with Crippen LogP contribution in [0.4, 0.5) is 0 Å². The monoisotopic (exact) mass is 366 g/mol. The highest BCUT2D eigenvalue weighted by atomic mass is 16.5. The van der Waals surface area contributed by atoms with Gasteiger partial charge in [-0.1, -0.05) is 30.3 Å². The molecular weight excluding hydrogens is 340 g/mol. The van der Waals surface area contributed by atoms with E-state index >= 15 is 0 Å². The lowest BCUT2D eigenvalue weighted by Gasteiger charge is -2.47. The third-order valence-corrected chi connectivity index (χ3v) is 5.49. The van der Waals surface area contributed by atoms with Crippen molar-refractivity contribution in [1.29, 1.82) is 0 Å². The lowest BCUT2D eigenvalue weighted by Crippen LogP contribution is -2.57. The quantitative estimate of drug-likeness (QED) is 0.844. The number of aromatic nitrogens is 2. The van der Waals surface area contributed by atoms with Crippen LogP contribution in [0.1, 0.15) is 24.1 Å². The summed E-state index contributed by atoms with van der Waals surface area (Å²) in [6, 6.07) is 9.93. The predicted octanol–water partition coefficient (Wildman–Crippen LogP) is 2.32. The lowest BCUT2D eigenvalue weighted by molar-refractivity contribution is -0.155. The summed E-state index contributed by atoms with van der Waals surface area (Å²) in [6.07, 6.45) is 9.07. The summed E-state index contributed by atoms with van der Waals surface area (Å²) in [5.74, 6) is 0.0708. The number of benzene rings is 1. The first kappa shape index (κ1) is 17.9. The highest BCUT2D eigenvalue weighted by molar-refractivity contribution is 5.91. The highest BCUT2D eigenvalue weighted by Gasteiger charge is 2.40. The zero-order valence-corrected chi connectivity index (χ0v) is 15.5. The van der Waals surface area contributed by atoms with Crippen LogP contribution < -0.4 is 0 Å². The maximum absolute atomic E-state index is 12.6. The number of rotatable bonds is 4. The molecule has 1 aromatic carbocycles. The number of aromatic amines is 1. The molecule has 0 saturated carbocycles. The molecule has 1 N–H and O–H groups in total. The average Bonchev–Trinajstić information content (AvgIpc) is 3.22. The first-order valence-electron chi connectivity index (χ1n) is 9.58. The standard InChI is InChI=1S/C21H26N4O2/c26-20(7-6-18-4-2-1-3-5-18)25-12-13-27-21(16-25)8-10-24(11-9-21)15-19-14-22-17-23-19/h1-7,14,17H,8-13,15-16H2,(H,22,23)/b7-6+. The van der Waals surface area contributed by atoms with E-state index in [1.807, 2.05) is 47.5 Å². The fraction of sp³-hybridized carbons (Fsp3) is 0.429. The molecular formula is C21H26N4O2. The Hall–Kier alpha value is -2.44. The van der Waals surface area contributed by atoms with Crippen molar-refractivity contribution in [2.24, 2.45) is 0 Å². The van der Waals surface area contributed by atoms with Crippen LogP contribution in [0.2, 0.25) is 0 Å². The summed E-state index contributed by atoms with van der Waals surface area (Å²) in [5.41, 5.74) is 1.98. The van der Waals surface area contributed by atoms with E-state index in [0.717, 1.165) is 43.7 Å². The topological polar surface area (TPSA) is 61.5 Å². The largest absolute Gasteiger partial charge is 0.371 e.